The molecule has 2 N–H and O–H groups in total. The van der Waals surface area contributed by atoms with Gasteiger partial charge in [-0.3, -0.25) is 0 Å². The number of aliphatic hydroxyl groups is 1. The molecular weight excluding hydrogens is 202 g/mol. The summed E-state index contributed by atoms with van der Waals surface area (Å²) in [6, 6.07) is 0. The Balaban J connectivity index is 1.84. The Morgan fingerprint density at radius 1 is 1.44 bits per heavy atom. The quantitative estimate of drug-likeness (QED) is 0.725. The van der Waals surface area contributed by atoms with Crippen molar-refractivity contribution in [2.75, 3.05) is 19.8 Å². The van der Waals surface area contributed by atoms with Gasteiger partial charge in [-0.05, 0) is 44.6 Å². The van der Waals surface area contributed by atoms with E-state index < -0.39 is 0 Å². The average Bonchev–Trinajstić information content (AvgIpc) is 3.11. The lowest BCUT2D eigenvalue weighted by atomic mass is 9.86. The van der Waals surface area contributed by atoms with Crippen LogP contribution in [0, 0.1) is 5.92 Å². The monoisotopic (exact) mass is 227 g/mol. The molecule has 0 aromatic heterocycles. The second kappa shape index (κ2) is 5.48. The Kier molecular flexibility index (Phi) is 4.22. The van der Waals surface area contributed by atoms with Crippen molar-refractivity contribution in [2.45, 2.75) is 57.1 Å². The van der Waals surface area contributed by atoms with Crippen LogP contribution in [0.2, 0.25) is 0 Å². The van der Waals surface area contributed by atoms with Crippen LogP contribution in [-0.4, -0.2) is 36.5 Å². The highest BCUT2D eigenvalue weighted by atomic mass is 16.5. The molecule has 0 spiro atoms. The molecular formula is C13H25NO2. The summed E-state index contributed by atoms with van der Waals surface area (Å²) >= 11 is 0. The lowest BCUT2D eigenvalue weighted by Gasteiger charge is -2.40. The van der Waals surface area contributed by atoms with E-state index in [1.165, 1.54) is 12.8 Å². The van der Waals surface area contributed by atoms with E-state index in [-0.39, 0.29) is 12.1 Å². The largest absolute Gasteiger partial charge is 0.394 e. The summed E-state index contributed by atoms with van der Waals surface area (Å²) in [5.74, 6) is 0.871. The second-order valence-corrected chi connectivity index (χ2v) is 5.50. The van der Waals surface area contributed by atoms with Gasteiger partial charge in [0.05, 0.1) is 12.7 Å². The molecule has 0 radical (unpaired) electrons. The molecule has 0 bridgehead atoms. The Morgan fingerprint density at radius 2 is 2.25 bits per heavy atom. The first-order valence-electron chi connectivity index (χ1n) is 6.75. The maximum Gasteiger partial charge on any atom is 0.0615 e. The molecule has 16 heavy (non-hydrogen) atoms. The van der Waals surface area contributed by atoms with Crippen LogP contribution >= 0.6 is 0 Å². The zero-order valence-corrected chi connectivity index (χ0v) is 10.4. The van der Waals surface area contributed by atoms with Crippen molar-refractivity contribution in [1.29, 1.82) is 0 Å². The standard InChI is InChI=1S/C13H25NO2/c1-2-3-12-8-13(10-15,6-7-16-12)14-9-11-4-5-11/h11-12,14-15H,2-10H2,1H3. The maximum absolute atomic E-state index is 9.64. The van der Waals surface area contributed by atoms with Crippen molar-refractivity contribution in [3.63, 3.8) is 0 Å². The van der Waals surface area contributed by atoms with Crippen LogP contribution in [0.1, 0.15) is 45.4 Å². The molecule has 0 amide bonds. The van der Waals surface area contributed by atoms with Crippen molar-refractivity contribution in [2.24, 2.45) is 5.92 Å². The zero-order valence-electron chi connectivity index (χ0n) is 10.4. The third-order valence-electron chi connectivity index (χ3n) is 3.93. The van der Waals surface area contributed by atoms with Gasteiger partial charge < -0.3 is 15.2 Å². The molecule has 2 aliphatic rings. The van der Waals surface area contributed by atoms with Crippen LogP contribution < -0.4 is 5.32 Å². The third kappa shape index (κ3) is 3.19. The van der Waals surface area contributed by atoms with Crippen molar-refractivity contribution in [1.82, 2.24) is 5.32 Å². The maximum atomic E-state index is 9.64. The topological polar surface area (TPSA) is 41.5 Å². The number of rotatable bonds is 6. The predicted molar refractivity (Wildman–Crippen MR) is 64.4 cm³/mol. The summed E-state index contributed by atoms with van der Waals surface area (Å²) in [4.78, 5) is 0. The fraction of sp³-hybridized carbons (Fsp3) is 1.00. The molecule has 1 aliphatic heterocycles. The van der Waals surface area contributed by atoms with Gasteiger partial charge in [-0.1, -0.05) is 13.3 Å². The summed E-state index contributed by atoms with van der Waals surface area (Å²) in [7, 11) is 0. The molecule has 2 rings (SSSR count). The van der Waals surface area contributed by atoms with Crippen molar-refractivity contribution in [3.05, 3.63) is 0 Å². The van der Waals surface area contributed by atoms with Crippen LogP contribution in [0.15, 0.2) is 0 Å². The summed E-state index contributed by atoms with van der Waals surface area (Å²) in [6.07, 6.45) is 7.28. The molecule has 1 saturated heterocycles. The third-order valence-corrected chi connectivity index (χ3v) is 3.93. The summed E-state index contributed by atoms with van der Waals surface area (Å²) in [6.45, 7) is 4.32. The van der Waals surface area contributed by atoms with E-state index in [4.69, 9.17) is 4.74 Å². The van der Waals surface area contributed by atoms with Gasteiger partial charge in [0.1, 0.15) is 0 Å². The Morgan fingerprint density at radius 3 is 2.88 bits per heavy atom. The van der Waals surface area contributed by atoms with Crippen LogP contribution in [0.25, 0.3) is 0 Å². The first kappa shape index (κ1) is 12.3. The number of hydrogen-bond donors (Lipinski definition) is 2. The zero-order chi connectivity index (χ0) is 11.4. The Bertz CT molecular complexity index is 216. The lowest BCUT2D eigenvalue weighted by Crippen LogP contribution is -2.55. The van der Waals surface area contributed by atoms with E-state index in [0.29, 0.717) is 6.10 Å². The van der Waals surface area contributed by atoms with Gasteiger partial charge in [0.25, 0.3) is 0 Å². The van der Waals surface area contributed by atoms with Gasteiger partial charge in [-0.15, -0.1) is 0 Å². The first-order chi connectivity index (χ1) is 7.78. The lowest BCUT2D eigenvalue weighted by molar-refractivity contribution is -0.0483. The highest BCUT2D eigenvalue weighted by Crippen LogP contribution is 2.31. The van der Waals surface area contributed by atoms with Gasteiger partial charge in [0.15, 0.2) is 0 Å². The van der Waals surface area contributed by atoms with Gasteiger partial charge in [-0.25, -0.2) is 0 Å². The molecule has 1 saturated carbocycles. The van der Waals surface area contributed by atoms with E-state index in [9.17, 15) is 5.11 Å². The fourth-order valence-electron chi connectivity index (χ4n) is 2.57. The molecule has 2 fully saturated rings. The van der Waals surface area contributed by atoms with E-state index in [1.807, 2.05) is 0 Å². The van der Waals surface area contributed by atoms with E-state index in [2.05, 4.69) is 12.2 Å². The van der Waals surface area contributed by atoms with E-state index in [0.717, 1.165) is 44.8 Å². The predicted octanol–water partition coefficient (Wildman–Crippen LogP) is 1.70. The minimum atomic E-state index is -0.0549. The smallest absolute Gasteiger partial charge is 0.0615 e. The van der Waals surface area contributed by atoms with Crippen molar-refractivity contribution < 1.29 is 9.84 Å². The SMILES string of the molecule is CCCC1CC(CO)(NCC2CC2)CCO1. The number of hydrogen-bond acceptors (Lipinski definition) is 3. The number of ether oxygens (including phenoxy) is 1. The fourth-order valence-corrected chi connectivity index (χ4v) is 2.57. The molecule has 3 nitrogen and oxygen atoms in total. The van der Waals surface area contributed by atoms with Gasteiger partial charge >= 0.3 is 0 Å². The first-order valence-corrected chi connectivity index (χ1v) is 6.75. The minimum absolute atomic E-state index is 0.0549. The Labute approximate surface area is 98.6 Å². The molecule has 0 aromatic carbocycles. The number of nitrogens with one attached hydrogen (secondary N) is 1. The van der Waals surface area contributed by atoms with Gasteiger partial charge in [0.2, 0.25) is 0 Å². The number of aliphatic hydroxyl groups excluding tert-OH is 1. The highest BCUT2D eigenvalue weighted by Gasteiger charge is 2.37. The van der Waals surface area contributed by atoms with Crippen molar-refractivity contribution >= 4 is 0 Å². The van der Waals surface area contributed by atoms with Gasteiger partial charge in [0, 0.05) is 12.1 Å². The summed E-state index contributed by atoms with van der Waals surface area (Å²) < 4.78 is 5.75. The normalized spacial score (nSPS) is 35.2. The second-order valence-electron chi connectivity index (χ2n) is 5.50. The van der Waals surface area contributed by atoms with E-state index in [1.54, 1.807) is 0 Å². The summed E-state index contributed by atoms with van der Waals surface area (Å²) in [5, 5.41) is 13.2. The summed E-state index contributed by atoms with van der Waals surface area (Å²) in [5.41, 5.74) is -0.0549. The highest BCUT2D eigenvalue weighted by molar-refractivity contribution is 4.94. The Hall–Kier alpha value is -0.120. The van der Waals surface area contributed by atoms with Crippen LogP contribution in [-0.2, 0) is 4.74 Å². The van der Waals surface area contributed by atoms with Crippen LogP contribution in [0.3, 0.4) is 0 Å². The molecule has 2 atom stereocenters. The molecule has 3 heteroatoms. The molecule has 2 unspecified atom stereocenters. The molecule has 0 aromatic rings. The minimum Gasteiger partial charge on any atom is -0.394 e. The molecule has 94 valence electrons. The van der Waals surface area contributed by atoms with Crippen LogP contribution in [0.5, 0.6) is 0 Å². The average molecular weight is 227 g/mol. The van der Waals surface area contributed by atoms with E-state index >= 15 is 0 Å². The van der Waals surface area contributed by atoms with Gasteiger partial charge in [-0.2, -0.15) is 0 Å². The molecule has 1 aliphatic carbocycles. The molecule has 1 heterocycles. The van der Waals surface area contributed by atoms with Crippen LogP contribution in [0.4, 0.5) is 0 Å². The van der Waals surface area contributed by atoms with Crippen molar-refractivity contribution in [3.8, 4) is 0 Å².